The van der Waals surface area contributed by atoms with Gasteiger partial charge < -0.3 is 15.2 Å². The maximum absolute atomic E-state index is 12.4. The fourth-order valence-electron chi connectivity index (χ4n) is 2.73. The zero-order valence-electron chi connectivity index (χ0n) is 11.1. The van der Waals surface area contributed by atoms with Crippen LogP contribution in [0.5, 0.6) is 0 Å². The van der Waals surface area contributed by atoms with Gasteiger partial charge >= 0.3 is 0 Å². The van der Waals surface area contributed by atoms with Crippen molar-refractivity contribution in [3.05, 3.63) is 36.0 Å². The first kappa shape index (κ1) is 12.2. The lowest BCUT2D eigenvalue weighted by Crippen LogP contribution is -2.38. The number of aromatic amines is 1. The van der Waals surface area contributed by atoms with E-state index >= 15 is 0 Å². The van der Waals surface area contributed by atoms with Crippen molar-refractivity contribution in [2.24, 2.45) is 0 Å². The van der Waals surface area contributed by atoms with E-state index in [1.165, 1.54) is 6.42 Å². The molecule has 1 unspecified atom stereocenters. The first-order chi connectivity index (χ1) is 9.24. The topological polar surface area (TPSA) is 48.1 Å². The van der Waals surface area contributed by atoms with Crippen molar-refractivity contribution in [3.8, 4) is 0 Å². The lowest BCUT2D eigenvalue weighted by molar-refractivity contribution is 0.0784. The summed E-state index contributed by atoms with van der Waals surface area (Å²) in [5.41, 5.74) is 1.82. The summed E-state index contributed by atoms with van der Waals surface area (Å²) in [5.74, 6) is 0.0943. The van der Waals surface area contributed by atoms with Crippen LogP contribution in [0.1, 0.15) is 23.2 Å². The minimum absolute atomic E-state index is 0.0943. The fraction of sp³-hybridized carbons (Fsp3) is 0.400. The number of carbonyl (C=O) groups is 1. The van der Waals surface area contributed by atoms with Crippen LogP contribution in [-0.4, -0.2) is 42.0 Å². The second-order valence-electron chi connectivity index (χ2n) is 5.26. The Hall–Kier alpha value is -1.81. The molecule has 1 aliphatic rings. The Morgan fingerprint density at radius 1 is 1.42 bits per heavy atom. The van der Waals surface area contributed by atoms with Gasteiger partial charge in [-0.3, -0.25) is 4.79 Å². The molecule has 1 saturated heterocycles. The Morgan fingerprint density at radius 3 is 3.11 bits per heavy atom. The van der Waals surface area contributed by atoms with E-state index in [2.05, 4.69) is 10.3 Å². The smallest absolute Gasteiger partial charge is 0.253 e. The summed E-state index contributed by atoms with van der Waals surface area (Å²) in [6, 6.07) is 8.24. The molecule has 1 aromatic heterocycles. The van der Waals surface area contributed by atoms with E-state index in [-0.39, 0.29) is 5.91 Å². The molecule has 0 bridgehead atoms. The van der Waals surface area contributed by atoms with Crippen LogP contribution in [0, 0.1) is 0 Å². The number of likely N-dealkylation sites (N-methyl/N-ethyl adjacent to an activating group) is 1. The van der Waals surface area contributed by atoms with E-state index in [1.54, 1.807) is 0 Å². The van der Waals surface area contributed by atoms with E-state index in [0.717, 1.165) is 36.0 Å². The molecular weight excluding hydrogens is 238 g/mol. The Balaban J connectivity index is 1.74. The molecule has 4 heteroatoms. The zero-order chi connectivity index (χ0) is 13.2. The molecule has 1 aromatic carbocycles. The third-order valence-corrected chi connectivity index (χ3v) is 3.80. The van der Waals surface area contributed by atoms with Crippen molar-refractivity contribution in [2.75, 3.05) is 20.1 Å². The molecule has 0 saturated carbocycles. The Morgan fingerprint density at radius 2 is 2.32 bits per heavy atom. The van der Waals surface area contributed by atoms with Crippen molar-refractivity contribution >= 4 is 16.8 Å². The monoisotopic (exact) mass is 257 g/mol. The van der Waals surface area contributed by atoms with E-state index in [4.69, 9.17) is 0 Å². The summed E-state index contributed by atoms with van der Waals surface area (Å²) in [6.45, 7) is 1.85. The first-order valence-corrected chi connectivity index (χ1v) is 6.80. The highest BCUT2D eigenvalue weighted by molar-refractivity contribution is 5.97. The molecule has 2 aromatic rings. The standard InChI is InChI=1S/C15H19N3O/c1-18(10-13-3-2-7-16-13)15(19)12-4-5-14-11(9-12)6-8-17-14/h4-6,8-9,13,16-17H,2-3,7,10H2,1H3. The van der Waals surface area contributed by atoms with Crippen LogP contribution in [-0.2, 0) is 0 Å². The molecule has 1 amide bonds. The van der Waals surface area contributed by atoms with Gasteiger partial charge in [-0.25, -0.2) is 0 Å². The molecule has 100 valence electrons. The third-order valence-electron chi connectivity index (χ3n) is 3.80. The number of hydrogen-bond donors (Lipinski definition) is 2. The normalized spacial score (nSPS) is 18.9. The molecule has 2 heterocycles. The van der Waals surface area contributed by atoms with Crippen LogP contribution in [0.2, 0.25) is 0 Å². The van der Waals surface area contributed by atoms with Crippen molar-refractivity contribution in [1.82, 2.24) is 15.2 Å². The Kier molecular flexibility index (Phi) is 3.25. The molecule has 0 spiro atoms. The highest BCUT2D eigenvalue weighted by Crippen LogP contribution is 2.16. The summed E-state index contributed by atoms with van der Waals surface area (Å²) in [6.07, 6.45) is 4.27. The van der Waals surface area contributed by atoms with E-state index < -0.39 is 0 Å². The summed E-state index contributed by atoms with van der Waals surface area (Å²) in [4.78, 5) is 17.3. The Bertz CT molecular complexity index is 584. The van der Waals surface area contributed by atoms with E-state index in [1.807, 2.05) is 42.4 Å². The van der Waals surface area contributed by atoms with Gasteiger partial charge in [0.15, 0.2) is 0 Å². The second kappa shape index (κ2) is 5.05. The van der Waals surface area contributed by atoms with Gasteiger partial charge in [0.05, 0.1) is 0 Å². The van der Waals surface area contributed by atoms with Gasteiger partial charge in [-0.15, -0.1) is 0 Å². The molecule has 2 N–H and O–H groups in total. The third kappa shape index (κ3) is 2.49. The Labute approximate surface area is 112 Å². The van der Waals surface area contributed by atoms with Gasteiger partial charge in [0.2, 0.25) is 0 Å². The first-order valence-electron chi connectivity index (χ1n) is 6.80. The van der Waals surface area contributed by atoms with Crippen molar-refractivity contribution < 1.29 is 4.79 Å². The molecule has 0 radical (unpaired) electrons. The highest BCUT2D eigenvalue weighted by atomic mass is 16.2. The number of nitrogens with zero attached hydrogens (tertiary/aromatic N) is 1. The van der Waals surface area contributed by atoms with Gasteiger partial charge in [-0.2, -0.15) is 0 Å². The minimum Gasteiger partial charge on any atom is -0.361 e. The maximum atomic E-state index is 12.4. The predicted octanol–water partition coefficient (Wildman–Crippen LogP) is 1.99. The average molecular weight is 257 g/mol. The van der Waals surface area contributed by atoms with Crippen molar-refractivity contribution in [2.45, 2.75) is 18.9 Å². The average Bonchev–Trinajstić information content (AvgIpc) is 3.07. The van der Waals surface area contributed by atoms with Gasteiger partial charge in [-0.05, 0) is 43.7 Å². The molecule has 3 rings (SSSR count). The van der Waals surface area contributed by atoms with Gasteiger partial charge in [0.25, 0.3) is 5.91 Å². The highest BCUT2D eigenvalue weighted by Gasteiger charge is 2.19. The molecular formula is C15H19N3O. The van der Waals surface area contributed by atoms with Crippen LogP contribution >= 0.6 is 0 Å². The molecule has 1 aliphatic heterocycles. The number of H-pyrrole nitrogens is 1. The van der Waals surface area contributed by atoms with Crippen LogP contribution < -0.4 is 5.32 Å². The lowest BCUT2D eigenvalue weighted by atomic mass is 10.1. The lowest BCUT2D eigenvalue weighted by Gasteiger charge is -2.21. The molecule has 1 fully saturated rings. The van der Waals surface area contributed by atoms with Gasteiger partial charge in [0, 0.05) is 42.3 Å². The number of aromatic nitrogens is 1. The second-order valence-corrected chi connectivity index (χ2v) is 5.26. The van der Waals surface area contributed by atoms with Gasteiger partial charge in [0.1, 0.15) is 0 Å². The quantitative estimate of drug-likeness (QED) is 0.883. The number of carbonyl (C=O) groups excluding carboxylic acids is 1. The van der Waals surface area contributed by atoms with Crippen LogP contribution in [0.4, 0.5) is 0 Å². The van der Waals surface area contributed by atoms with E-state index in [0.29, 0.717) is 6.04 Å². The van der Waals surface area contributed by atoms with Crippen LogP contribution in [0.3, 0.4) is 0 Å². The zero-order valence-corrected chi connectivity index (χ0v) is 11.1. The molecule has 4 nitrogen and oxygen atoms in total. The van der Waals surface area contributed by atoms with Crippen LogP contribution in [0.15, 0.2) is 30.5 Å². The number of fused-ring (bicyclic) bond motifs is 1. The maximum Gasteiger partial charge on any atom is 0.253 e. The number of benzene rings is 1. The molecule has 19 heavy (non-hydrogen) atoms. The number of amides is 1. The van der Waals surface area contributed by atoms with Crippen molar-refractivity contribution in [1.29, 1.82) is 0 Å². The molecule has 0 aliphatic carbocycles. The number of nitrogens with one attached hydrogen (secondary N) is 2. The summed E-state index contributed by atoms with van der Waals surface area (Å²) in [7, 11) is 1.88. The summed E-state index contributed by atoms with van der Waals surface area (Å²) in [5, 5.41) is 4.50. The minimum atomic E-state index is 0.0943. The summed E-state index contributed by atoms with van der Waals surface area (Å²) >= 11 is 0. The van der Waals surface area contributed by atoms with Gasteiger partial charge in [-0.1, -0.05) is 0 Å². The van der Waals surface area contributed by atoms with Crippen LogP contribution in [0.25, 0.3) is 10.9 Å². The summed E-state index contributed by atoms with van der Waals surface area (Å²) < 4.78 is 0. The SMILES string of the molecule is CN(CC1CCCN1)C(=O)c1ccc2[nH]ccc2c1. The fourth-order valence-corrected chi connectivity index (χ4v) is 2.73. The predicted molar refractivity (Wildman–Crippen MR) is 76.3 cm³/mol. The largest absolute Gasteiger partial charge is 0.361 e. The van der Waals surface area contributed by atoms with E-state index in [9.17, 15) is 4.79 Å². The number of rotatable bonds is 3. The number of hydrogen-bond acceptors (Lipinski definition) is 2. The molecule has 1 atom stereocenters. The van der Waals surface area contributed by atoms with Crippen molar-refractivity contribution in [3.63, 3.8) is 0 Å².